The van der Waals surface area contributed by atoms with E-state index in [1.807, 2.05) is 31.2 Å². The molecule has 1 aromatic carbocycles. The molecule has 0 aliphatic carbocycles. The first-order valence-corrected chi connectivity index (χ1v) is 8.27. The van der Waals surface area contributed by atoms with Gasteiger partial charge >= 0.3 is 5.97 Å². The van der Waals surface area contributed by atoms with Crippen LogP contribution in [0.1, 0.15) is 39.4 Å². The molecule has 1 unspecified atom stereocenters. The third-order valence-corrected chi connectivity index (χ3v) is 4.36. The van der Waals surface area contributed by atoms with Crippen molar-refractivity contribution < 1.29 is 14.3 Å². The summed E-state index contributed by atoms with van der Waals surface area (Å²) in [5.41, 5.74) is 2.42. The van der Waals surface area contributed by atoms with Gasteiger partial charge < -0.3 is 9.64 Å². The van der Waals surface area contributed by atoms with E-state index in [0.717, 1.165) is 11.3 Å². The van der Waals surface area contributed by atoms with Crippen LogP contribution in [0.3, 0.4) is 0 Å². The molecule has 8 heteroatoms. The molecule has 0 saturated heterocycles. The maximum absolute atomic E-state index is 12.7. The fraction of sp³-hybridized carbons (Fsp3) is 0.211. The summed E-state index contributed by atoms with van der Waals surface area (Å²) >= 11 is 0. The van der Waals surface area contributed by atoms with Crippen LogP contribution in [0.15, 0.2) is 55.2 Å². The second-order valence-electron chi connectivity index (χ2n) is 5.95. The van der Waals surface area contributed by atoms with E-state index in [9.17, 15) is 9.59 Å². The quantitative estimate of drug-likeness (QED) is 0.644. The van der Waals surface area contributed by atoms with Gasteiger partial charge in [0, 0.05) is 13.2 Å². The fourth-order valence-corrected chi connectivity index (χ4v) is 2.59. The Labute approximate surface area is 156 Å². The summed E-state index contributed by atoms with van der Waals surface area (Å²) in [6.07, 6.45) is 4.43. The van der Waals surface area contributed by atoms with Gasteiger partial charge in [0.15, 0.2) is 0 Å². The molecule has 0 aliphatic rings. The lowest BCUT2D eigenvalue weighted by Crippen LogP contribution is -2.30. The zero-order chi connectivity index (χ0) is 19.4. The fourth-order valence-electron chi connectivity index (χ4n) is 2.59. The van der Waals surface area contributed by atoms with Crippen LogP contribution in [0.5, 0.6) is 0 Å². The molecule has 3 aromatic rings. The van der Waals surface area contributed by atoms with Gasteiger partial charge in [-0.2, -0.15) is 5.10 Å². The second kappa shape index (κ2) is 7.77. The van der Waals surface area contributed by atoms with E-state index in [0.29, 0.717) is 5.56 Å². The van der Waals surface area contributed by atoms with Crippen molar-refractivity contribution in [3.05, 3.63) is 72.1 Å². The lowest BCUT2D eigenvalue weighted by Gasteiger charge is -2.25. The highest BCUT2D eigenvalue weighted by atomic mass is 16.5. The summed E-state index contributed by atoms with van der Waals surface area (Å²) in [7, 11) is 3.01. The molecular formula is C19H19N5O3. The number of rotatable bonds is 5. The van der Waals surface area contributed by atoms with Gasteiger partial charge in [0.25, 0.3) is 5.91 Å². The van der Waals surface area contributed by atoms with Gasteiger partial charge in [-0.25, -0.2) is 14.5 Å². The van der Waals surface area contributed by atoms with Gasteiger partial charge in [-0.05, 0) is 36.8 Å². The maximum Gasteiger partial charge on any atom is 0.339 e. The lowest BCUT2D eigenvalue weighted by atomic mass is 10.1. The van der Waals surface area contributed by atoms with Gasteiger partial charge in [-0.1, -0.05) is 12.1 Å². The molecule has 0 spiro atoms. The highest BCUT2D eigenvalue weighted by molar-refractivity contribution is 5.94. The first kappa shape index (κ1) is 18.2. The number of hydrogen-bond acceptors (Lipinski definition) is 6. The molecule has 2 aromatic heterocycles. The maximum atomic E-state index is 12.7. The molecule has 0 fully saturated rings. The van der Waals surface area contributed by atoms with E-state index in [4.69, 9.17) is 0 Å². The number of ether oxygens (including phenoxy) is 1. The smallest absolute Gasteiger partial charge is 0.339 e. The third-order valence-electron chi connectivity index (χ3n) is 4.36. The summed E-state index contributed by atoms with van der Waals surface area (Å²) < 4.78 is 6.29. The number of aromatic nitrogens is 4. The average Bonchev–Trinajstić information content (AvgIpc) is 3.26. The van der Waals surface area contributed by atoms with Gasteiger partial charge in [0.1, 0.15) is 18.3 Å². The standard InChI is InChI=1S/C19H19N5O3/c1-13(14-4-7-16(8-5-14)24-12-20-11-22-24)23(2)18(25)17-9-6-15(10-21-17)19(26)27-3/h4-13H,1-3H3. The normalized spacial score (nSPS) is 11.7. The molecule has 1 amide bonds. The Morgan fingerprint density at radius 2 is 1.89 bits per heavy atom. The predicted molar refractivity (Wildman–Crippen MR) is 97.4 cm³/mol. The average molecular weight is 365 g/mol. The van der Waals surface area contributed by atoms with E-state index < -0.39 is 5.97 Å². The molecule has 0 N–H and O–H groups in total. The number of carbonyl (C=O) groups excluding carboxylic acids is 2. The van der Waals surface area contributed by atoms with Crippen LogP contribution in [0.2, 0.25) is 0 Å². The number of nitrogens with zero attached hydrogens (tertiary/aromatic N) is 5. The minimum absolute atomic E-state index is 0.163. The van der Waals surface area contributed by atoms with E-state index in [2.05, 4.69) is 19.8 Å². The molecule has 0 bridgehead atoms. The minimum Gasteiger partial charge on any atom is -0.465 e. The van der Waals surface area contributed by atoms with Gasteiger partial charge in [-0.3, -0.25) is 9.78 Å². The molecule has 138 valence electrons. The molecular weight excluding hydrogens is 346 g/mol. The third kappa shape index (κ3) is 3.84. The molecule has 0 saturated carbocycles. The number of benzene rings is 1. The monoisotopic (exact) mass is 365 g/mol. The predicted octanol–water partition coefficient (Wildman–Crippen LogP) is 2.28. The van der Waals surface area contributed by atoms with E-state index in [1.165, 1.54) is 31.8 Å². The van der Waals surface area contributed by atoms with E-state index in [-0.39, 0.29) is 17.6 Å². The Balaban J connectivity index is 1.73. The Kier molecular flexibility index (Phi) is 5.25. The summed E-state index contributed by atoms with van der Waals surface area (Å²) in [6.45, 7) is 1.94. The molecule has 27 heavy (non-hydrogen) atoms. The highest BCUT2D eigenvalue weighted by Crippen LogP contribution is 2.21. The summed E-state index contributed by atoms with van der Waals surface area (Å²) in [4.78, 5) is 33.8. The first-order chi connectivity index (χ1) is 13.0. The Hall–Kier alpha value is -3.55. The molecule has 0 aliphatic heterocycles. The van der Waals surface area contributed by atoms with Crippen LogP contribution in [0, 0.1) is 0 Å². The van der Waals surface area contributed by atoms with Gasteiger partial charge in [0.05, 0.1) is 24.4 Å². The molecule has 3 rings (SSSR count). The van der Waals surface area contributed by atoms with Crippen LogP contribution >= 0.6 is 0 Å². The number of methoxy groups -OCH3 is 1. The van der Waals surface area contributed by atoms with Crippen molar-refractivity contribution in [1.82, 2.24) is 24.6 Å². The van der Waals surface area contributed by atoms with Crippen LogP contribution in [0.25, 0.3) is 5.69 Å². The molecule has 2 heterocycles. The van der Waals surface area contributed by atoms with Crippen LogP contribution in [-0.2, 0) is 4.74 Å². The topological polar surface area (TPSA) is 90.2 Å². The molecule has 0 radical (unpaired) electrons. The van der Waals surface area contributed by atoms with Crippen molar-refractivity contribution in [1.29, 1.82) is 0 Å². The van der Waals surface area contributed by atoms with Crippen molar-refractivity contribution in [3.63, 3.8) is 0 Å². The van der Waals surface area contributed by atoms with Crippen molar-refractivity contribution in [2.45, 2.75) is 13.0 Å². The SMILES string of the molecule is COC(=O)c1ccc(C(=O)N(C)C(C)c2ccc(-n3cncn3)cc2)nc1. The molecule has 1 atom stereocenters. The summed E-state index contributed by atoms with van der Waals surface area (Å²) in [5.74, 6) is -0.727. The van der Waals surface area contributed by atoms with Crippen LogP contribution in [0.4, 0.5) is 0 Å². The number of amides is 1. The number of esters is 1. The Morgan fingerprint density at radius 3 is 2.44 bits per heavy atom. The van der Waals surface area contributed by atoms with E-state index in [1.54, 1.807) is 23.0 Å². The van der Waals surface area contributed by atoms with Crippen LogP contribution < -0.4 is 0 Å². The zero-order valence-electron chi connectivity index (χ0n) is 15.2. The Bertz CT molecular complexity index is 921. The zero-order valence-corrected chi connectivity index (χ0v) is 15.2. The summed E-state index contributed by atoms with van der Waals surface area (Å²) in [5, 5.41) is 4.09. The van der Waals surface area contributed by atoms with Crippen molar-refractivity contribution in [2.24, 2.45) is 0 Å². The molecule has 8 nitrogen and oxygen atoms in total. The first-order valence-electron chi connectivity index (χ1n) is 8.27. The largest absolute Gasteiger partial charge is 0.465 e. The van der Waals surface area contributed by atoms with Crippen molar-refractivity contribution >= 4 is 11.9 Å². The van der Waals surface area contributed by atoms with Gasteiger partial charge in [-0.15, -0.1) is 0 Å². The van der Waals surface area contributed by atoms with Crippen molar-refractivity contribution in [2.75, 3.05) is 14.2 Å². The van der Waals surface area contributed by atoms with E-state index >= 15 is 0 Å². The van der Waals surface area contributed by atoms with Crippen molar-refractivity contribution in [3.8, 4) is 5.69 Å². The van der Waals surface area contributed by atoms with Crippen LogP contribution in [-0.4, -0.2) is 50.7 Å². The number of hydrogen-bond donors (Lipinski definition) is 0. The minimum atomic E-state index is -0.490. The highest BCUT2D eigenvalue weighted by Gasteiger charge is 2.20. The second-order valence-corrected chi connectivity index (χ2v) is 5.95. The number of pyridine rings is 1. The lowest BCUT2D eigenvalue weighted by molar-refractivity contribution is 0.0598. The number of carbonyl (C=O) groups is 2. The summed E-state index contributed by atoms with van der Waals surface area (Å²) in [6, 6.07) is 10.6. The van der Waals surface area contributed by atoms with Gasteiger partial charge in [0.2, 0.25) is 0 Å². The Morgan fingerprint density at radius 1 is 1.15 bits per heavy atom.